The van der Waals surface area contributed by atoms with Crippen LogP contribution in [-0.2, 0) is 87.0 Å². The maximum Gasteiger partial charge on any atom is 0.321 e. The second-order valence-corrected chi connectivity index (χ2v) is 24.6. The van der Waals surface area contributed by atoms with E-state index < -0.39 is 114 Å². The first-order chi connectivity index (χ1) is 45.7. The van der Waals surface area contributed by atoms with Gasteiger partial charge in [0.2, 0.25) is 23.6 Å². The van der Waals surface area contributed by atoms with Crippen molar-refractivity contribution in [1.82, 2.24) is 25.9 Å². The number of aliphatic hydroxyl groups excluding tert-OH is 9. The van der Waals surface area contributed by atoms with Crippen molar-refractivity contribution in [3.8, 4) is 11.8 Å². The maximum atomic E-state index is 14.1. The van der Waals surface area contributed by atoms with E-state index >= 15 is 0 Å². The zero-order chi connectivity index (χ0) is 69.4. The number of carbonyl (C=O) groups excluding carboxylic acids is 4. The van der Waals surface area contributed by atoms with Crippen molar-refractivity contribution in [1.29, 1.82) is 5.26 Å². The average Bonchev–Trinajstić information content (AvgIpc) is 1.47. The topological polar surface area (TPSA) is 455 Å². The third-order valence-electron chi connectivity index (χ3n) is 14.8. The van der Waals surface area contributed by atoms with Crippen molar-refractivity contribution in [3.63, 3.8) is 0 Å². The molecular formula is C61H105N6O27P. The fraction of sp³-hybridized carbons (Fsp3) is 0.820. The Labute approximate surface area is 556 Å². The van der Waals surface area contributed by atoms with E-state index in [4.69, 9.17) is 71.2 Å². The van der Waals surface area contributed by atoms with Crippen molar-refractivity contribution < 1.29 is 131 Å². The summed E-state index contributed by atoms with van der Waals surface area (Å²) in [6, 6.07) is 9.48. The molecular weight excluding hydrogens is 1280 g/mol. The lowest BCUT2D eigenvalue weighted by atomic mass is 10.0. The summed E-state index contributed by atoms with van der Waals surface area (Å²) < 4.78 is 82.5. The molecule has 33 nitrogen and oxygen atoms in total. The van der Waals surface area contributed by atoms with Crippen LogP contribution < -0.4 is 25.8 Å². The molecule has 0 saturated carbocycles. The summed E-state index contributed by atoms with van der Waals surface area (Å²) >= 11 is 0. The second-order valence-electron chi connectivity index (χ2n) is 23.3. The molecule has 1 aromatic carbocycles. The van der Waals surface area contributed by atoms with Crippen molar-refractivity contribution in [2.45, 2.75) is 177 Å². The van der Waals surface area contributed by atoms with Crippen molar-refractivity contribution in [3.05, 3.63) is 29.8 Å². The monoisotopic (exact) mass is 1380 g/mol. The van der Waals surface area contributed by atoms with E-state index in [1.807, 2.05) is 39.8 Å². The molecule has 1 aromatic rings. The van der Waals surface area contributed by atoms with Crippen molar-refractivity contribution in [2.75, 3.05) is 145 Å². The SMILES string of the molecule is CC(C)N(C(C)C)P(OCCC#N)Oc1ccc(CCC(=O)NC(COCCC(=O)NCCOCCO[C@H]2C[C@@H](O)[C@@H](O)[C@@H](CO)O2)(COCCC(=O)NCCOCCO[C@H]2C[C@@H](O)[C@@H](O)[C@@H](CO)O2)COCCC(=O)NCCOCCO[C@H]2C[C@@H](O)[C@@H](O)[C@@H](CO)O2)cc1. The standard InChI is InChI=1S/C61H105N6O27P/c1-41(2)67(42(3)4)95(90-19-5-15-62)94-44-9-6-43(7-10-44)8-11-54(77)66-61(38-84-20-12-51(74)63-16-23-81-26-29-87-55-32-45(71)58(78)48(35-68)91-55,39-85-21-13-52(75)64-17-24-82-27-30-88-56-33-46(72)59(79)49(36-69)92-56)40-86-22-14-53(76)65-18-25-83-28-31-89-57-34-47(73)60(80)50(37-70)93-57/h6-7,9-10,41-42,45-50,55-60,68-73,78-80H,5,8,11-14,16-40H2,1-4H3,(H,63,74)(H,64,75)(H,65,76)(H,66,77)/t45-,46-,47-,48-,49-,50-,55-,56-,57-,58-,59-,60-,95?/m1/s1. The van der Waals surface area contributed by atoms with E-state index in [9.17, 15) is 65.1 Å². The molecule has 1 unspecified atom stereocenters. The minimum Gasteiger partial charge on any atom is -0.436 e. The molecule has 13 N–H and O–H groups in total. The number of nitrogens with zero attached hydrogens (tertiary/aromatic N) is 2. The normalized spacial score (nSPS) is 24.3. The number of carbonyl (C=O) groups is 4. The summed E-state index contributed by atoms with van der Waals surface area (Å²) in [5.41, 5.74) is -0.643. The first-order valence-electron chi connectivity index (χ1n) is 32.4. The predicted octanol–water partition coefficient (Wildman–Crippen LogP) is -2.72. The summed E-state index contributed by atoms with van der Waals surface area (Å²) in [5.74, 6) is -1.03. The van der Waals surface area contributed by atoms with Gasteiger partial charge in [0.15, 0.2) is 18.9 Å². The van der Waals surface area contributed by atoms with Crippen LogP contribution in [0.5, 0.6) is 5.75 Å². The molecule has 4 rings (SSSR count). The fourth-order valence-corrected chi connectivity index (χ4v) is 11.4. The van der Waals surface area contributed by atoms with Gasteiger partial charge < -0.3 is 133 Å². The van der Waals surface area contributed by atoms with Gasteiger partial charge >= 0.3 is 8.53 Å². The molecule has 34 heteroatoms. The third-order valence-corrected chi connectivity index (χ3v) is 16.9. The highest BCUT2D eigenvalue weighted by Crippen LogP contribution is 2.46. The number of amides is 4. The quantitative estimate of drug-likeness (QED) is 0.0233. The molecule has 95 heavy (non-hydrogen) atoms. The molecule has 3 aliphatic heterocycles. The van der Waals surface area contributed by atoms with Gasteiger partial charge in [-0.15, -0.1) is 0 Å². The number of rotatable bonds is 51. The Morgan fingerprint density at radius 1 is 0.537 bits per heavy atom. The first kappa shape index (κ1) is 83.3. The number of nitrogens with one attached hydrogen (secondary N) is 4. The molecule has 0 radical (unpaired) electrons. The van der Waals surface area contributed by atoms with Gasteiger partial charge in [-0.1, -0.05) is 12.1 Å². The Hall–Kier alpha value is -4.10. The Balaban J connectivity index is 1.36. The minimum atomic E-state index is -1.57. The zero-order valence-electron chi connectivity index (χ0n) is 55.0. The lowest BCUT2D eigenvalue weighted by Gasteiger charge is -2.36. The number of benzene rings is 1. The molecule has 4 amide bonds. The fourth-order valence-electron chi connectivity index (χ4n) is 9.83. The van der Waals surface area contributed by atoms with Crippen LogP contribution in [0, 0.1) is 11.3 Å². The second kappa shape index (κ2) is 47.8. The Kier molecular flexibility index (Phi) is 41.9. The Bertz CT molecular complexity index is 2140. The summed E-state index contributed by atoms with van der Waals surface area (Å²) in [6.45, 7) is 7.09. The first-order valence-corrected chi connectivity index (χ1v) is 33.5. The van der Waals surface area contributed by atoms with Gasteiger partial charge in [-0.05, 0) is 51.8 Å². The highest BCUT2D eigenvalue weighted by Gasteiger charge is 2.40. The van der Waals surface area contributed by atoms with Crippen LogP contribution in [0.4, 0.5) is 0 Å². The van der Waals surface area contributed by atoms with Crippen molar-refractivity contribution >= 4 is 32.2 Å². The highest BCUT2D eigenvalue weighted by molar-refractivity contribution is 7.45. The summed E-state index contributed by atoms with van der Waals surface area (Å²) in [5, 5.41) is 109. The largest absolute Gasteiger partial charge is 0.436 e. The average molecular weight is 1390 g/mol. The smallest absolute Gasteiger partial charge is 0.321 e. The van der Waals surface area contributed by atoms with Crippen LogP contribution in [0.2, 0.25) is 0 Å². The number of aliphatic hydroxyl groups is 9. The molecule has 3 fully saturated rings. The van der Waals surface area contributed by atoms with Gasteiger partial charge in [0.05, 0.1) is 156 Å². The number of hydrogen-bond acceptors (Lipinski definition) is 29. The highest BCUT2D eigenvalue weighted by atomic mass is 31.2. The maximum absolute atomic E-state index is 14.1. The number of nitriles is 1. The van der Waals surface area contributed by atoms with Crippen LogP contribution >= 0.6 is 8.53 Å². The Morgan fingerprint density at radius 3 is 1.26 bits per heavy atom. The van der Waals surface area contributed by atoms with Gasteiger partial charge in [0.25, 0.3) is 0 Å². The van der Waals surface area contributed by atoms with Gasteiger partial charge in [-0.25, -0.2) is 4.67 Å². The van der Waals surface area contributed by atoms with Crippen LogP contribution in [0.25, 0.3) is 0 Å². The summed E-state index contributed by atoms with van der Waals surface area (Å²) in [7, 11) is -1.57. The molecule has 3 saturated heterocycles. The number of hydrogen-bond donors (Lipinski definition) is 13. The van der Waals surface area contributed by atoms with Crippen molar-refractivity contribution in [2.24, 2.45) is 0 Å². The van der Waals surface area contributed by atoms with E-state index in [1.54, 1.807) is 12.1 Å². The lowest BCUT2D eigenvalue weighted by molar-refractivity contribution is -0.258. The molecule has 546 valence electrons. The van der Waals surface area contributed by atoms with Gasteiger partial charge in [-0.3, -0.25) is 19.2 Å². The molecule has 0 aromatic heterocycles. The predicted molar refractivity (Wildman–Crippen MR) is 334 cm³/mol. The molecule has 0 aliphatic carbocycles. The zero-order valence-corrected chi connectivity index (χ0v) is 55.9. The van der Waals surface area contributed by atoms with Crippen LogP contribution in [0.1, 0.15) is 84.6 Å². The van der Waals surface area contributed by atoms with E-state index in [2.05, 4.69) is 32.0 Å². The van der Waals surface area contributed by atoms with Gasteiger partial charge in [0, 0.05) is 76.7 Å². The molecule has 3 aliphatic rings. The molecule has 0 bridgehead atoms. The van der Waals surface area contributed by atoms with Crippen LogP contribution in [0.3, 0.4) is 0 Å². The molecule has 13 atom stereocenters. The van der Waals surface area contributed by atoms with Gasteiger partial charge in [0.1, 0.15) is 47.9 Å². The molecule has 0 spiro atoms. The van der Waals surface area contributed by atoms with Gasteiger partial charge in [-0.2, -0.15) is 5.26 Å². The summed E-state index contributed by atoms with van der Waals surface area (Å²) in [4.78, 5) is 53.0. The lowest BCUT2D eigenvalue weighted by Crippen LogP contribution is -2.58. The molecule has 3 heterocycles. The summed E-state index contributed by atoms with van der Waals surface area (Å²) in [6.07, 6.45) is -12.4. The number of ether oxygens (including phenoxy) is 12. The minimum absolute atomic E-state index is 0.00776. The third kappa shape index (κ3) is 33.1. The van der Waals surface area contributed by atoms with Crippen LogP contribution in [0.15, 0.2) is 24.3 Å². The van der Waals surface area contributed by atoms with E-state index in [0.717, 1.165) is 5.56 Å². The van der Waals surface area contributed by atoms with E-state index in [1.165, 1.54) is 0 Å². The van der Waals surface area contributed by atoms with E-state index in [-0.39, 0.29) is 213 Å². The van der Waals surface area contributed by atoms with Crippen LogP contribution in [-0.4, -0.2) is 311 Å². The Morgan fingerprint density at radius 2 is 0.916 bits per heavy atom. The number of aryl methyl sites for hydroxylation is 1. The van der Waals surface area contributed by atoms with E-state index in [0.29, 0.717) is 5.75 Å².